The summed E-state index contributed by atoms with van der Waals surface area (Å²) in [4.78, 5) is 0. The Hall–Kier alpha value is 0. The van der Waals surface area contributed by atoms with Gasteiger partial charge in [-0.15, -0.1) is 0 Å². The van der Waals surface area contributed by atoms with Gasteiger partial charge in [0.25, 0.3) is 0 Å². The lowest BCUT2D eigenvalue weighted by atomic mass is 9.70. The quantitative estimate of drug-likeness (QED) is 0.575. The van der Waals surface area contributed by atoms with Crippen molar-refractivity contribution >= 4 is 0 Å². The Morgan fingerprint density at radius 2 is 1.83 bits per heavy atom. The fraction of sp³-hybridized carbons (Fsp3) is 0.833. The van der Waals surface area contributed by atoms with E-state index in [0.29, 0.717) is 5.41 Å². The van der Waals surface area contributed by atoms with Crippen LogP contribution >= 0.6 is 0 Å². The second-order valence-electron chi connectivity index (χ2n) is 4.61. The molecule has 12 heavy (non-hydrogen) atoms. The van der Waals surface area contributed by atoms with Gasteiger partial charge in [0.1, 0.15) is 0 Å². The summed E-state index contributed by atoms with van der Waals surface area (Å²) in [6.07, 6.45) is 4.82. The maximum absolute atomic E-state index is 2.36. The Labute approximate surface area is 78.8 Å². The summed E-state index contributed by atoms with van der Waals surface area (Å²) < 4.78 is 0. The lowest BCUT2D eigenvalue weighted by Crippen LogP contribution is -2.26. The molecule has 0 heterocycles. The molecule has 0 saturated heterocycles. The van der Waals surface area contributed by atoms with E-state index in [9.17, 15) is 0 Å². The molecular weight excluding hydrogens is 144 g/mol. The number of rotatable bonds is 5. The molecule has 0 amide bonds. The average molecular weight is 168 g/mol. The SMILES string of the molecule is C[CH]CCC(C)C(C)(C)[C](C)C. The molecule has 72 valence electrons. The minimum atomic E-state index is 0.406. The molecular formula is C12H24. The second kappa shape index (κ2) is 4.89. The molecule has 0 rings (SSSR count). The van der Waals surface area contributed by atoms with E-state index in [1.165, 1.54) is 12.8 Å². The first-order valence-corrected chi connectivity index (χ1v) is 5.01. The highest BCUT2D eigenvalue weighted by Crippen LogP contribution is 2.38. The van der Waals surface area contributed by atoms with Crippen LogP contribution in [0.3, 0.4) is 0 Å². The smallest absolute Gasteiger partial charge is 0.0244 e. The highest BCUT2D eigenvalue weighted by atomic mass is 14.3. The summed E-state index contributed by atoms with van der Waals surface area (Å²) in [5, 5.41) is 0. The van der Waals surface area contributed by atoms with Crippen molar-refractivity contribution in [3.8, 4) is 0 Å². The van der Waals surface area contributed by atoms with Gasteiger partial charge in [-0.3, -0.25) is 0 Å². The van der Waals surface area contributed by atoms with Gasteiger partial charge >= 0.3 is 0 Å². The largest absolute Gasteiger partial charge is 0.0623 e. The molecule has 0 bridgehead atoms. The van der Waals surface area contributed by atoms with E-state index in [0.717, 1.165) is 5.92 Å². The van der Waals surface area contributed by atoms with Crippen LogP contribution < -0.4 is 0 Å². The molecule has 0 nitrogen and oxygen atoms in total. The van der Waals surface area contributed by atoms with Crippen molar-refractivity contribution in [2.24, 2.45) is 11.3 Å². The summed E-state index contributed by atoms with van der Waals surface area (Å²) >= 11 is 0. The van der Waals surface area contributed by atoms with Gasteiger partial charge in [-0.2, -0.15) is 0 Å². The molecule has 0 aliphatic carbocycles. The van der Waals surface area contributed by atoms with E-state index in [4.69, 9.17) is 0 Å². The third-order valence-corrected chi connectivity index (χ3v) is 3.41. The maximum Gasteiger partial charge on any atom is -0.0244 e. The Balaban J connectivity index is 3.97. The van der Waals surface area contributed by atoms with Crippen LogP contribution in [0.5, 0.6) is 0 Å². The van der Waals surface area contributed by atoms with Crippen molar-refractivity contribution in [1.82, 2.24) is 0 Å². The van der Waals surface area contributed by atoms with E-state index in [1.807, 2.05) is 0 Å². The first-order valence-electron chi connectivity index (χ1n) is 5.01. The third-order valence-electron chi connectivity index (χ3n) is 3.41. The molecule has 0 aromatic heterocycles. The summed E-state index contributed by atoms with van der Waals surface area (Å²) in [6.45, 7) is 13.7. The van der Waals surface area contributed by atoms with Crippen LogP contribution in [0.15, 0.2) is 0 Å². The Morgan fingerprint density at radius 3 is 2.17 bits per heavy atom. The van der Waals surface area contributed by atoms with Gasteiger partial charge in [-0.05, 0) is 30.1 Å². The predicted molar refractivity (Wildman–Crippen MR) is 56.7 cm³/mol. The van der Waals surface area contributed by atoms with Gasteiger partial charge in [0.2, 0.25) is 0 Å². The van der Waals surface area contributed by atoms with Gasteiger partial charge in [0, 0.05) is 0 Å². The van der Waals surface area contributed by atoms with Crippen LogP contribution in [0.1, 0.15) is 54.4 Å². The van der Waals surface area contributed by atoms with Crippen LogP contribution in [-0.2, 0) is 0 Å². The van der Waals surface area contributed by atoms with Gasteiger partial charge in [-0.25, -0.2) is 0 Å². The minimum absolute atomic E-state index is 0.406. The second-order valence-corrected chi connectivity index (χ2v) is 4.61. The van der Waals surface area contributed by atoms with Crippen molar-refractivity contribution in [3.63, 3.8) is 0 Å². The normalized spacial score (nSPS) is 15.2. The minimum Gasteiger partial charge on any atom is -0.0623 e. The highest BCUT2D eigenvalue weighted by Gasteiger charge is 2.28. The average Bonchev–Trinajstić information content (AvgIpc) is 1.99. The van der Waals surface area contributed by atoms with Gasteiger partial charge in [0.15, 0.2) is 0 Å². The van der Waals surface area contributed by atoms with Crippen LogP contribution in [0.25, 0.3) is 0 Å². The lowest BCUT2D eigenvalue weighted by molar-refractivity contribution is 0.236. The number of hydrogen-bond acceptors (Lipinski definition) is 0. The fourth-order valence-corrected chi connectivity index (χ4v) is 1.27. The lowest BCUT2D eigenvalue weighted by Gasteiger charge is -2.35. The van der Waals surface area contributed by atoms with Crippen molar-refractivity contribution in [2.75, 3.05) is 0 Å². The molecule has 0 aliphatic rings. The van der Waals surface area contributed by atoms with Crippen molar-refractivity contribution < 1.29 is 0 Å². The maximum atomic E-state index is 2.36. The first kappa shape index (κ1) is 12.0. The standard InChI is InChI=1S/C12H24/c1-7-8-9-11(4)12(5,6)10(2)3/h7,11H,8-9H2,1-6H3. The molecule has 0 heteroatoms. The molecule has 0 fully saturated rings. The monoisotopic (exact) mass is 168 g/mol. The van der Waals surface area contributed by atoms with E-state index in [-0.39, 0.29) is 0 Å². The zero-order chi connectivity index (χ0) is 9.78. The molecule has 2 radical (unpaired) electrons. The van der Waals surface area contributed by atoms with Crippen molar-refractivity contribution in [2.45, 2.75) is 54.4 Å². The Kier molecular flexibility index (Phi) is 4.89. The first-order chi connectivity index (χ1) is 5.42. The molecule has 0 aliphatic heterocycles. The fourth-order valence-electron chi connectivity index (χ4n) is 1.27. The summed E-state index contributed by atoms with van der Waals surface area (Å²) in [5.41, 5.74) is 0.406. The summed E-state index contributed by atoms with van der Waals surface area (Å²) in [7, 11) is 0. The van der Waals surface area contributed by atoms with Gasteiger partial charge in [0.05, 0.1) is 0 Å². The van der Waals surface area contributed by atoms with Crippen LogP contribution in [0, 0.1) is 23.7 Å². The van der Waals surface area contributed by atoms with E-state index in [2.05, 4.69) is 48.0 Å². The number of unbranched alkanes of at least 4 members (excludes halogenated alkanes) is 1. The number of hydrogen-bond donors (Lipinski definition) is 0. The Bertz CT molecular complexity index is 111. The zero-order valence-electron chi connectivity index (χ0n) is 9.57. The topological polar surface area (TPSA) is 0 Å². The zero-order valence-corrected chi connectivity index (χ0v) is 9.57. The summed E-state index contributed by atoms with van der Waals surface area (Å²) in [5.74, 6) is 2.34. The van der Waals surface area contributed by atoms with Crippen molar-refractivity contribution in [1.29, 1.82) is 0 Å². The van der Waals surface area contributed by atoms with Crippen LogP contribution in [-0.4, -0.2) is 0 Å². The molecule has 0 spiro atoms. The Morgan fingerprint density at radius 1 is 1.33 bits per heavy atom. The molecule has 0 saturated carbocycles. The van der Waals surface area contributed by atoms with E-state index < -0.39 is 0 Å². The van der Waals surface area contributed by atoms with Crippen LogP contribution in [0.2, 0.25) is 0 Å². The molecule has 0 aromatic rings. The van der Waals surface area contributed by atoms with Crippen molar-refractivity contribution in [3.05, 3.63) is 12.3 Å². The summed E-state index contributed by atoms with van der Waals surface area (Å²) in [6, 6.07) is 0. The van der Waals surface area contributed by atoms with E-state index >= 15 is 0 Å². The van der Waals surface area contributed by atoms with Crippen LogP contribution in [0.4, 0.5) is 0 Å². The highest BCUT2D eigenvalue weighted by molar-refractivity contribution is 4.97. The van der Waals surface area contributed by atoms with E-state index in [1.54, 1.807) is 5.92 Å². The molecule has 1 atom stereocenters. The molecule has 1 unspecified atom stereocenters. The van der Waals surface area contributed by atoms with Gasteiger partial charge < -0.3 is 0 Å². The third kappa shape index (κ3) is 3.16. The van der Waals surface area contributed by atoms with Gasteiger partial charge in [-0.1, -0.05) is 48.0 Å². The predicted octanol–water partition coefficient (Wildman–Crippen LogP) is 4.27. The molecule has 0 aromatic carbocycles. The molecule has 0 N–H and O–H groups in total.